The molecule has 0 atom stereocenters. The Morgan fingerprint density at radius 3 is 0.583 bits per heavy atom. The van der Waals surface area contributed by atoms with Gasteiger partial charge >= 0.3 is 14.0 Å². The fraction of sp³-hybridized carbons (Fsp3) is 0. The Morgan fingerprint density at radius 1 is 0.236 bits per heavy atom. The minimum atomic E-state index is -2.44. The molecule has 0 spiro atoms. The zero-order chi connectivity index (χ0) is 52.1. The summed E-state index contributed by atoms with van der Waals surface area (Å²) in [6.07, 6.45) is 0. The lowest BCUT2D eigenvalue weighted by Gasteiger charge is -2.30. The summed E-state index contributed by atoms with van der Waals surface area (Å²) in [6, 6.07) is 15.0. The van der Waals surface area contributed by atoms with Gasteiger partial charge in [0.05, 0.1) is 22.7 Å². The van der Waals surface area contributed by atoms with Crippen LogP contribution in [0.25, 0.3) is 0 Å². The summed E-state index contributed by atoms with van der Waals surface area (Å²) in [4.78, 5) is 2.20. The van der Waals surface area contributed by atoms with E-state index in [0.717, 1.165) is 46.9 Å². The lowest BCUT2D eigenvalue weighted by molar-refractivity contribution is 0.380. The molecule has 0 unspecified atom stereocenters. The first-order valence-corrected chi connectivity index (χ1v) is 21.4. The highest BCUT2D eigenvalue weighted by Gasteiger charge is 2.52. The van der Waals surface area contributed by atoms with Gasteiger partial charge in [0.1, 0.15) is 22.7 Å². The third kappa shape index (κ3) is 7.30. The molecule has 0 saturated heterocycles. The van der Waals surface area contributed by atoms with Crippen molar-refractivity contribution in [2.45, 2.75) is 0 Å². The molecule has 368 valence electrons. The Bertz CT molecular complexity index is 2980. The molecule has 2 aromatic heterocycles. The molecule has 2 aliphatic heterocycles. The molecule has 0 bridgehead atoms. The van der Waals surface area contributed by atoms with Crippen LogP contribution in [0.5, 0.6) is 0 Å². The van der Waals surface area contributed by atoms with Gasteiger partial charge in [-0.25, -0.2) is 87.8 Å². The number of hydrogen-bond acceptors (Lipinski definition) is 6. The quantitative estimate of drug-likeness (QED) is 0.0712. The van der Waals surface area contributed by atoms with Crippen molar-refractivity contribution in [1.82, 2.24) is 0 Å². The highest BCUT2D eigenvalue weighted by Crippen LogP contribution is 2.52. The Balaban J connectivity index is 0.000000178. The predicted molar refractivity (Wildman–Crippen MR) is 226 cm³/mol. The van der Waals surface area contributed by atoms with E-state index in [1.54, 1.807) is 0 Å². The van der Waals surface area contributed by atoms with Crippen molar-refractivity contribution in [2.75, 3.05) is 19.2 Å². The second-order valence-corrected chi connectivity index (χ2v) is 16.9. The van der Waals surface area contributed by atoms with E-state index < -0.39 is 153 Å². The summed E-state index contributed by atoms with van der Waals surface area (Å²) in [6.45, 7) is -3.63. The molecule has 0 radical (unpaired) electrons. The van der Waals surface area contributed by atoms with Crippen LogP contribution < -0.4 is 28.8 Å². The minimum Gasteiger partial charge on any atom is -0.354 e. The zero-order valence-electron chi connectivity index (χ0n) is 34.4. The van der Waals surface area contributed by atoms with Crippen LogP contribution in [0.1, 0.15) is 0 Å². The Hall–Kier alpha value is -7.35. The maximum atomic E-state index is 14.9. The van der Waals surface area contributed by atoms with E-state index in [4.69, 9.17) is 0 Å². The molecule has 4 heterocycles. The van der Waals surface area contributed by atoms with Crippen LogP contribution in [0.4, 0.5) is 133 Å². The number of halogens is 20. The fourth-order valence-electron chi connectivity index (χ4n) is 8.08. The molecule has 0 saturated carbocycles. The van der Waals surface area contributed by atoms with Crippen LogP contribution in [0.15, 0.2) is 83.6 Å². The van der Waals surface area contributed by atoms with Crippen LogP contribution >= 0.6 is 22.7 Å². The van der Waals surface area contributed by atoms with Crippen LogP contribution in [0.3, 0.4) is 0 Å². The summed E-state index contributed by atoms with van der Waals surface area (Å²) in [5.41, 5.74) is -7.25. The number of para-hydroxylation sites is 4. The molecule has 0 fully saturated rings. The highest BCUT2D eigenvalue weighted by atomic mass is 32.1. The first-order chi connectivity index (χ1) is 34.1. The molecule has 2 aliphatic rings. The molecule has 28 heteroatoms. The van der Waals surface area contributed by atoms with Gasteiger partial charge < -0.3 is 19.2 Å². The number of hydrogen-bond donors (Lipinski definition) is 0. The molecule has 4 nitrogen and oxygen atoms in total. The Morgan fingerprint density at radius 2 is 0.417 bits per heavy atom. The van der Waals surface area contributed by atoms with Crippen molar-refractivity contribution in [3.8, 4) is 0 Å². The average molecular weight is 1060 g/mol. The van der Waals surface area contributed by atoms with Gasteiger partial charge in [-0.3, -0.25) is 0 Å². The van der Waals surface area contributed by atoms with Gasteiger partial charge in [0.2, 0.25) is 23.3 Å². The Labute approximate surface area is 397 Å². The molecule has 8 aromatic rings. The average Bonchev–Trinajstić information content (AvgIpc) is 4.22. The van der Waals surface area contributed by atoms with Crippen LogP contribution in [0.2, 0.25) is 0 Å². The van der Waals surface area contributed by atoms with E-state index >= 15 is 0 Å². The van der Waals surface area contributed by atoms with Crippen molar-refractivity contribution in [3.05, 3.63) is 200 Å². The lowest BCUT2D eigenvalue weighted by Crippen LogP contribution is -2.53. The molecule has 0 amide bonds. The van der Waals surface area contributed by atoms with Crippen molar-refractivity contribution in [2.24, 2.45) is 0 Å². The standard InChI is InChI=1S/2C22H7BF10N2S/c2*24-11-13(26)17(30)21(18(31)14(11)27)34-8-4-1-2-5-9(8)35(23(34)10-6-3-7-36-10)22-19(32)15(28)12(25)16(29)20(22)33/h2*1-7H. The monoisotopic (exact) mass is 1060 g/mol. The molecular weight excluding hydrogens is 1050 g/mol. The van der Waals surface area contributed by atoms with Gasteiger partial charge in [-0.1, -0.05) is 48.5 Å². The van der Waals surface area contributed by atoms with Gasteiger partial charge in [-0.15, -0.1) is 0 Å². The van der Waals surface area contributed by atoms with E-state index in [1.165, 1.54) is 59.3 Å². The van der Waals surface area contributed by atoms with Crippen LogP contribution in [-0.4, -0.2) is 14.0 Å². The van der Waals surface area contributed by atoms with Crippen LogP contribution in [-0.2, 0) is 0 Å². The van der Waals surface area contributed by atoms with Crippen molar-refractivity contribution in [1.29, 1.82) is 0 Å². The highest BCUT2D eigenvalue weighted by molar-refractivity contribution is 7.24. The summed E-state index contributed by atoms with van der Waals surface area (Å²) in [5.74, 6) is -46.2. The SMILES string of the molecule is Fc1c(F)c(F)c(N2B(c3cccs3)N(c3c(F)c(F)c(F)c(F)c3F)c3ccccc32)c(F)c1F.Fc1c(F)c(F)c(N2B(c3cccs3)N(c3c(F)c(F)c(F)c(F)c3F)c3ccccc32)c(F)c1F. The smallest absolute Gasteiger partial charge is 0.354 e. The summed E-state index contributed by atoms with van der Waals surface area (Å²) < 4.78 is 288. The summed E-state index contributed by atoms with van der Waals surface area (Å²) >= 11 is 1.68. The van der Waals surface area contributed by atoms with Gasteiger partial charge in [-0.05, 0) is 35.0 Å². The maximum Gasteiger partial charge on any atom is 0.431 e. The van der Waals surface area contributed by atoms with E-state index in [-0.39, 0.29) is 32.3 Å². The van der Waals surface area contributed by atoms with Crippen molar-refractivity contribution in [3.63, 3.8) is 0 Å². The number of anilines is 8. The van der Waals surface area contributed by atoms with Gasteiger partial charge in [0.15, 0.2) is 93.1 Å². The van der Waals surface area contributed by atoms with Crippen molar-refractivity contribution < 1.29 is 87.8 Å². The van der Waals surface area contributed by atoms with Crippen molar-refractivity contribution >= 4 is 91.7 Å². The number of rotatable bonds is 6. The summed E-state index contributed by atoms with van der Waals surface area (Å²) in [7, 11) is 0. The van der Waals surface area contributed by atoms with E-state index in [0.29, 0.717) is 19.2 Å². The van der Waals surface area contributed by atoms with Gasteiger partial charge in [0.25, 0.3) is 0 Å². The summed E-state index contributed by atoms with van der Waals surface area (Å²) in [5, 5.41) is 2.84. The van der Waals surface area contributed by atoms with Gasteiger partial charge in [0, 0.05) is 9.55 Å². The molecule has 10 rings (SSSR count). The molecular formula is C44H14B2F20N4S2. The van der Waals surface area contributed by atoms with E-state index in [1.807, 2.05) is 0 Å². The molecule has 6 aromatic carbocycles. The third-order valence-electron chi connectivity index (χ3n) is 11.1. The lowest BCUT2D eigenvalue weighted by atomic mass is 9.70. The van der Waals surface area contributed by atoms with E-state index in [9.17, 15) is 87.8 Å². The number of benzene rings is 6. The molecule has 0 N–H and O–H groups in total. The molecule has 72 heavy (non-hydrogen) atoms. The number of fused-ring (bicyclic) bond motifs is 2. The second kappa shape index (κ2) is 18.4. The topological polar surface area (TPSA) is 13.0 Å². The molecule has 0 aliphatic carbocycles. The number of nitrogens with zero attached hydrogens (tertiary/aromatic N) is 4. The Kier molecular flexibility index (Phi) is 12.7. The van der Waals surface area contributed by atoms with Gasteiger partial charge in [-0.2, -0.15) is 22.7 Å². The third-order valence-corrected chi connectivity index (χ3v) is 12.9. The zero-order valence-corrected chi connectivity index (χ0v) is 36.0. The predicted octanol–water partition coefficient (Wildman–Crippen LogP) is 13.6. The minimum absolute atomic E-state index is 0.0130. The maximum absolute atomic E-state index is 14.9. The number of thiophene rings is 2. The van der Waals surface area contributed by atoms with E-state index in [2.05, 4.69) is 0 Å². The fourth-order valence-corrected chi connectivity index (χ4v) is 9.68. The first-order valence-electron chi connectivity index (χ1n) is 19.6. The second-order valence-electron chi connectivity index (χ2n) is 14.9. The van der Waals surface area contributed by atoms with Crippen LogP contribution in [0, 0.1) is 116 Å². The largest absolute Gasteiger partial charge is 0.431 e. The first kappa shape index (κ1) is 49.6. The normalized spacial score (nSPS) is 13.1.